The van der Waals surface area contributed by atoms with Crippen LogP contribution in [0.25, 0.3) is 44.0 Å². The number of benzene rings is 2. The number of aromatic nitrogens is 4. The minimum absolute atomic E-state index is 0.142. The van der Waals surface area contributed by atoms with Gasteiger partial charge in [-0.2, -0.15) is 5.10 Å². The maximum absolute atomic E-state index is 13.6. The molecular weight excluding hydrogens is 426 g/mol. The van der Waals surface area contributed by atoms with E-state index < -0.39 is 0 Å². The highest BCUT2D eigenvalue weighted by Crippen LogP contribution is 2.36. The van der Waals surface area contributed by atoms with Gasteiger partial charge >= 0.3 is 0 Å². The van der Waals surface area contributed by atoms with E-state index in [-0.39, 0.29) is 5.56 Å². The van der Waals surface area contributed by atoms with E-state index in [9.17, 15) is 4.79 Å². The second kappa shape index (κ2) is 8.17. The first-order chi connectivity index (χ1) is 16.6. The molecule has 0 atom stereocenters. The molecular formula is C27H27N5O2. The van der Waals surface area contributed by atoms with Gasteiger partial charge in [0.05, 0.1) is 28.6 Å². The number of hydrogen-bond donors (Lipinski definition) is 2. The molecule has 0 unspecified atom stereocenters. The Bertz CT molecular complexity index is 1580. The summed E-state index contributed by atoms with van der Waals surface area (Å²) in [5.41, 5.74) is 4.84. The van der Waals surface area contributed by atoms with E-state index in [1.807, 2.05) is 38.1 Å². The fourth-order valence-electron chi connectivity index (χ4n) is 5.16. The predicted octanol–water partition coefficient (Wildman–Crippen LogP) is 5.32. The van der Waals surface area contributed by atoms with E-state index in [1.54, 1.807) is 0 Å². The van der Waals surface area contributed by atoms with Crippen molar-refractivity contribution in [3.8, 4) is 17.0 Å². The Morgan fingerprint density at radius 3 is 2.56 bits per heavy atom. The molecule has 34 heavy (non-hydrogen) atoms. The van der Waals surface area contributed by atoms with Crippen molar-refractivity contribution in [2.75, 3.05) is 24.6 Å². The van der Waals surface area contributed by atoms with Gasteiger partial charge in [-0.15, -0.1) is 0 Å². The van der Waals surface area contributed by atoms with Crippen LogP contribution >= 0.6 is 0 Å². The zero-order chi connectivity index (χ0) is 23.2. The number of anilines is 1. The lowest BCUT2D eigenvalue weighted by molar-refractivity contribution is 0.340. The van der Waals surface area contributed by atoms with Gasteiger partial charge in [-0.25, -0.2) is 4.98 Å². The van der Waals surface area contributed by atoms with Gasteiger partial charge in [-0.1, -0.05) is 6.07 Å². The minimum Gasteiger partial charge on any atom is -0.494 e. The van der Waals surface area contributed by atoms with Gasteiger partial charge in [-0.3, -0.25) is 9.89 Å². The molecule has 6 rings (SSSR count). The number of nitrogens with one attached hydrogen (secondary N) is 2. The van der Waals surface area contributed by atoms with Crippen LogP contribution in [0.2, 0.25) is 0 Å². The summed E-state index contributed by atoms with van der Waals surface area (Å²) in [5.74, 6) is 0.789. The summed E-state index contributed by atoms with van der Waals surface area (Å²) in [6.07, 6.45) is 3.70. The molecule has 2 N–H and O–H groups in total. The summed E-state index contributed by atoms with van der Waals surface area (Å²) >= 11 is 0. The largest absolute Gasteiger partial charge is 0.494 e. The van der Waals surface area contributed by atoms with Gasteiger partial charge in [0.25, 0.3) is 5.56 Å². The van der Waals surface area contributed by atoms with Crippen molar-refractivity contribution in [2.24, 2.45) is 0 Å². The van der Waals surface area contributed by atoms with E-state index in [4.69, 9.17) is 9.72 Å². The maximum atomic E-state index is 13.6. The van der Waals surface area contributed by atoms with Crippen molar-refractivity contribution in [1.29, 1.82) is 0 Å². The quantitative estimate of drug-likeness (QED) is 0.360. The highest BCUT2D eigenvalue weighted by Gasteiger charge is 2.20. The second-order valence-corrected chi connectivity index (χ2v) is 8.95. The van der Waals surface area contributed by atoms with Gasteiger partial charge in [0.15, 0.2) is 5.65 Å². The van der Waals surface area contributed by atoms with Crippen LogP contribution in [0.3, 0.4) is 0 Å². The van der Waals surface area contributed by atoms with Crippen LogP contribution in [-0.2, 0) is 0 Å². The predicted molar refractivity (Wildman–Crippen MR) is 137 cm³/mol. The van der Waals surface area contributed by atoms with Crippen LogP contribution < -0.4 is 15.2 Å². The summed E-state index contributed by atoms with van der Waals surface area (Å²) in [7, 11) is 0. The average molecular weight is 454 g/mol. The van der Waals surface area contributed by atoms with Gasteiger partial charge < -0.3 is 14.6 Å². The van der Waals surface area contributed by atoms with Crippen molar-refractivity contribution >= 4 is 38.4 Å². The fourth-order valence-corrected chi connectivity index (χ4v) is 5.16. The highest BCUT2D eigenvalue weighted by atomic mass is 16.5. The highest BCUT2D eigenvalue weighted by molar-refractivity contribution is 6.21. The molecule has 0 radical (unpaired) electrons. The number of nitrogens with zero attached hydrogens (tertiary/aromatic N) is 3. The molecule has 1 aliphatic heterocycles. The Morgan fingerprint density at radius 2 is 1.79 bits per heavy atom. The van der Waals surface area contributed by atoms with Crippen LogP contribution in [0.15, 0.2) is 47.3 Å². The number of hydrogen-bond acceptors (Lipinski definition) is 5. The maximum Gasteiger partial charge on any atom is 0.258 e. The summed E-state index contributed by atoms with van der Waals surface area (Å²) in [4.78, 5) is 23.9. The van der Waals surface area contributed by atoms with E-state index in [1.165, 1.54) is 19.3 Å². The number of rotatable bonds is 4. The standard InChI is InChI=1S/C27H27N5O2/c1-3-34-19-10-7-17(8-11-19)25-24-23(22-16(2)30-31-26(22)29-25)20-12-9-18(15-21(20)28-27(24)33)32-13-5-4-6-14-32/h7-12,15H,3-6,13-14H2,1-2H3,(H,28,33)(H,29,30,31). The van der Waals surface area contributed by atoms with E-state index >= 15 is 0 Å². The van der Waals surface area contributed by atoms with Crippen molar-refractivity contribution in [3.05, 3.63) is 58.5 Å². The van der Waals surface area contributed by atoms with Crippen LogP contribution in [-0.4, -0.2) is 39.9 Å². The topological polar surface area (TPSA) is 86.9 Å². The molecule has 1 aliphatic rings. The molecule has 0 bridgehead atoms. The molecule has 1 saturated heterocycles. The number of ether oxygens (including phenoxy) is 1. The van der Waals surface area contributed by atoms with Gasteiger partial charge in [-0.05, 0) is 69.5 Å². The average Bonchev–Trinajstić information content (AvgIpc) is 3.25. The Morgan fingerprint density at radius 1 is 1.00 bits per heavy atom. The lowest BCUT2D eigenvalue weighted by atomic mass is 9.98. The first-order valence-corrected chi connectivity index (χ1v) is 12.0. The van der Waals surface area contributed by atoms with Gasteiger partial charge in [0.2, 0.25) is 0 Å². The summed E-state index contributed by atoms with van der Waals surface area (Å²) in [5, 5.41) is 10.9. The first-order valence-electron chi connectivity index (χ1n) is 12.0. The zero-order valence-corrected chi connectivity index (χ0v) is 19.4. The van der Waals surface area contributed by atoms with E-state index in [0.717, 1.165) is 57.5 Å². The monoisotopic (exact) mass is 453 g/mol. The molecule has 0 spiro atoms. The SMILES string of the molecule is CCOc1ccc(-c2nc3n[nH]c(C)c3c3c2c(=O)[nH]c2cc(N4CCCCC4)ccc23)cc1. The Balaban J connectivity index is 1.63. The fraction of sp³-hybridized carbons (Fsp3) is 0.296. The Hall–Kier alpha value is -3.87. The van der Waals surface area contributed by atoms with E-state index in [2.05, 4.69) is 38.3 Å². The third kappa shape index (κ3) is 3.31. The molecule has 7 nitrogen and oxygen atoms in total. The molecule has 3 aromatic heterocycles. The molecule has 0 saturated carbocycles. The zero-order valence-electron chi connectivity index (χ0n) is 19.4. The minimum atomic E-state index is -0.142. The Kier molecular flexibility index (Phi) is 4.98. The smallest absolute Gasteiger partial charge is 0.258 e. The molecule has 4 heterocycles. The van der Waals surface area contributed by atoms with Crippen molar-refractivity contribution in [3.63, 3.8) is 0 Å². The third-order valence-electron chi connectivity index (χ3n) is 6.79. The molecule has 7 heteroatoms. The van der Waals surface area contributed by atoms with Crippen LogP contribution in [0.1, 0.15) is 31.9 Å². The molecule has 5 aromatic rings. The summed E-state index contributed by atoms with van der Waals surface area (Å²) in [6, 6.07) is 14.1. The number of aromatic amines is 2. The van der Waals surface area contributed by atoms with Crippen molar-refractivity contribution < 1.29 is 4.74 Å². The molecule has 172 valence electrons. The normalized spacial score (nSPS) is 14.4. The molecule has 2 aromatic carbocycles. The lowest BCUT2D eigenvalue weighted by Gasteiger charge is -2.29. The number of aryl methyl sites for hydroxylation is 1. The Labute approximate surface area is 196 Å². The second-order valence-electron chi connectivity index (χ2n) is 8.95. The number of piperidine rings is 1. The van der Waals surface area contributed by atoms with E-state index in [0.29, 0.717) is 23.3 Å². The molecule has 0 aliphatic carbocycles. The summed E-state index contributed by atoms with van der Waals surface area (Å²) < 4.78 is 5.59. The van der Waals surface area contributed by atoms with Crippen molar-refractivity contribution in [1.82, 2.24) is 20.2 Å². The summed E-state index contributed by atoms with van der Waals surface area (Å²) in [6.45, 7) is 6.64. The van der Waals surface area contributed by atoms with Gasteiger partial charge in [0, 0.05) is 40.8 Å². The van der Waals surface area contributed by atoms with Crippen LogP contribution in [0, 0.1) is 6.92 Å². The van der Waals surface area contributed by atoms with Crippen molar-refractivity contribution in [2.45, 2.75) is 33.1 Å². The lowest BCUT2D eigenvalue weighted by Crippen LogP contribution is -2.29. The van der Waals surface area contributed by atoms with Crippen LogP contribution in [0.5, 0.6) is 5.75 Å². The third-order valence-corrected chi connectivity index (χ3v) is 6.79. The number of H-pyrrole nitrogens is 2. The number of pyridine rings is 2. The number of fused-ring (bicyclic) bond motifs is 5. The molecule has 1 fully saturated rings. The first kappa shape index (κ1) is 20.7. The van der Waals surface area contributed by atoms with Crippen LogP contribution in [0.4, 0.5) is 5.69 Å². The molecule has 0 amide bonds. The van der Waals surface area contributed by atoms with Gasteiger partial charge in [0.1, 0.15) is 5.75 Å².